The summed E-state index contributed by atoms with van der Waals surface area (Å²) in [6, 6.07) is -0.644. The number of hydrogen-bond acceptors (Lipinski definition) is 3. The van der Waals surface area contributed by atoms with Gasteiger partial charge >= 0.3 is 0 Å². The topological polar surface area (TPSA) is 87.3 Å². The molecule has 29 heavy (non-hydrogen) atoms. The smallest absolute Gasteiger partial charge is 0.260 e. The molecule has 0 aliphatic heterocycles. The van der Waals surface area contributed by atoms with Crippen molar-refractivity contribution in [3.8, 4) is 0 Å². The first-order valence-corrected chi connectivity index (χ1v) is 11.8. The first kappa shape index (κ1) is 20.7. The van der Waals surface area contributed by atoms with Crippen LogP contribution in [-0.4, -0.2) is 23.8 Å². The predicted octanol–water partition coefficient (Wildman–Crippen LogP) is 3.22. The second kappa shape index (κ2) is 8.65. The predicted molar refractivity (Wildman–Crippen MR) is 110 cm³/mol. The van der Waals surface area contributed by atoms with E-state index in [2.05, 4.69) is 16.2 Å². The van der Waals surface area contributed by atoms with Gasteiger partial charge in [0.1, 0.15) is 6.04 Å². The summed E-state index contributed by atoms with van der Waals surface area (Å²) in [5.74, 6) is 2.27. The van der Waals surface area contributed by atoms with Gasteiger partial charge in [-0.25, -0.2) is 0 Å². The second-order valence-electron chi connectivity index (χ2n) is 10.5. The Bertz CT molecular complexity index is 606. The van der Waals surface area contributed by atoms with Crippen LogP contribution < -0.4 is 16.2 Å². The Hall–Kier alpha value is -1.59. The van der Waals surface area contributed by atoms with E-state index in [0.29, 0.717) is 30.1 Å². The molecule has 0 aromatic heterocycles. The number of carbonyl (C=O) groups excluding carboxylic acids is 3. The highest BCUT2D eigenvalue weighted by Crippen LogP contribution is 2.60. The molecule has 0 spiro atoms. The minimum Gasteiger partial charge on any atom is -0.344 e. The second-order valence-corrected chi connectivity index (χ2v) is 10.5. The fourth-order valence-electron chi connectivity index (χ4n) is 6.92. The zero-order chi connectivity index (χ0) is 20.4. The molecule has 1 atom stereocenters. The van der Waals surface area contributed by atoms with E-state index in [0.717, 1.165) is 25.7 Å². The number of hydrazine groups is 1. The largest absolute Gasteiger partial charge is 0.344 e. The van der Waals surface area contributed by atoms with Crippen molar-refractivity contribution in [2.24, 2.45) is 29.1 Å². The summed E-state index contributed by atoms with van der Waals surface area (Å²) in [5, 5.41) is 2.94. The van der Waals surface area contributed by atoms with Gasteiger partial charge in [0.15, 0.2) is 0 Å². The van der Waals surface area contributed by atoms with Crippen molar-refractivity contribution in [1.29, 1.82) is 0 Å². The maximum absolute atomic E-state index is 13.0. The Kier molecular flexibility index (Phi) is 6.16. The molecule has 0 radical (unpaired) electrons. The molecule has 5 saturated carbocycles. The minimum absolute atomic E-state index is 0.0443. The van der Waals surface area contributed by atoms with E-state index in [9.17, 15) is 14.4 Å². The summed E-state index contributed by atoms with van der Waals surface area (Å²) in [6.45, 7) is 1.70. The first-order chi connectivity index (χ1) is 13.9. The Balaban J connectivity index is 1.19. The standard InChI is InChI=1S/C23H37N3O3/c1-15(21(28)26-25-20(27)8-7-16-5-3-2-4-6-16)24-22(29)23-12-17-9-18(13-23)11-19(10-17)14-23/h15-19H,2-14H2,1H3,(H,24,29)(H,25,27)(H,26,28)/t15-,17?,18?,19?,23?/m1/s1. The number of amides is 3. The molecule has 6 heteroatoms. The molecular weight excluding hydrogens is 366 g/mol. The molecule has 5 rings (SSSR count). The average molecular weight is 404 g/mol. The molecule has 162 valence electrons. The van der Waals surface area contributed by atoms with Crippen LogP contribution in [0.15, 0.2) is 0 Å². The van der Waals surface area contributed by atoms with Crippen molar-refractivity contribution in [3.05, 3.63) is 0 Å². The average Bonchev–Trinajstić information content (AvgIpc) is 2.70. The SMILES string of the molecule is C[C@@H](NC(=O)C12CC3CC(CC(C3)C1)C2)C(=O)NNC(=O)CCC1CCCCC1. The quantitative estimate of drug-likeness (QED) is 0.595. The van der Waals surface area contributed by atoms with Crippen LogP contribution in [0, 0.1) is 29.1 Å². The van der Waals surface area contributed by atoms with Crippen LogP contribution in [0.3, 0.4) is 0 Å². The Morgan fingerprint density at radius 3 is 2.07 bits per heavy atom. The third-order valence-electron chi connectivity index (χ3n) is 8.09. The lowest BCUT2D eigenvalue weighted by atomic mass is 9.49. The summed E-state index contributed by atoms with van der Waals surface area (Å²) >= 11 is 0. The normalized spacial score (nSPS) is 34.4. The van der Waals surface area contributed by atoms with Gasteiger partial charge in [0.25, 0.3) is 5.91 Å². The van der Waals surface area contributed by atoms with E-state index >= 15 is 0 Å². The molecule has 0 aromatic rings. The molecule has 5 aliphatic rings. The highest BCUT2D eigenvalue weighted by atomic mass is 16.2. The van der Waals surface area contributed by atoms with E-state index in [1.165, 1.54) is 51.4 Å². The number of hydrogen-bond donors (Lipinski definition) is 3. The summed E-state index contributed by atoms with van der Waals surface area (Å²) < 4.78 is 0. The summed E-state index contributed by atoms with van der Waals surface area (Å²) in [6.07, 6.45) is 14.4. The maximum Gasteiger partial charge on any atom is 0.260 e. The highest BCUT2D eigenvalue weighted by molar-refractivity contribution is 5.91. The van der Waals surface area contributed by atoms with Gasteiger partial charge in [-0.05, 0) is 75.5 Å². The van der Waals surface area contributed by atoms with Crippen LogP contribution >= 0.6 is 0 Å². The first-order valence-electron chi connectivity index (χ1n) is 11.8. The van der Waals surface area contributed by atoms with Crippen LogP contribution in [-0.2, 0) is 14.4 Å². The van der Waals surface area contributed by atoms with Gasteiger partial charge in [-0.1, -0.05) is 32.1 Å². The number of rotatable bonds is 6. The van der Waals surface area contributed by atoms with Gasteiger partial charge in [0.2, 0.25) is 11.8 Å². The van der Waals surface area contributed by atoms with Crippen LogP contribution in [0.2, 0.25) is 0 Å². The van der Waals surface area contributed by atoms with Gasteiger partial charge in [0, 0.05) is 11.8 Å². The molecule has 3 N–H and O–H groups in total. The monoisotopic (exact) mass is 403 g/mol. The van der Waals surface area contributed by atoms with Crippen molar-refractivity contribution in [3.63, 3.8) is 0 Å². The molecule has 3 amide bonds. The maximum atomic E-state index is 13.0. The third kappa shape index (κ3) is 4.77. The molecule has 0 unspecified atom stereocenters. The molecular formula is C23H37N3O3. The van der Waals surface area contributed by atoms with Crippen molar-refractivity contribution in [1.82, 2.24) is 16.2 Å². The number of nitrogens with one attached hydrogen (secondary N) is 3. The fourth-order valence-corrected chi connectivity index (χ4v) is 6.92. The van der Waals surface area contributed by atoms with Crippen molar-refractivity contribution in [2.45, 2.75) is 96.4 Å². The summed E-state index contributed by atoms with van der Waals surface area (Å²) in [5.41, 5.74) is 4.76. The minimum atomic E-state index is -0.644. The van der Waals surface area contributed by atoms with Gasteiger partial charge in [-0.2, -0.15) is 0 Å². The molecule has 4 bridgehead atoms. The summed E-state index contributed by atoms with van der Waals surface area (Å²) in [7, 11) is 0. The van der Waals surface area contributed by atoms with Crippen LogP contribution in [0.4, 0.5) is 0 Å². The van der Waals surface area contributed by atoms with E-state index in [1.807, 2.05) is 0 Å². The van der Waals surface area contributed by atoms with Crippen molar-refractivity contribution < 1.29 is 14.4 Å². The van der Waals surface area contributed by atoms with E-state index in [4.69, 9.17) is 0 Å². The van der Waals surface area contributed by atoms with E-state index in [-0.39, 0.29) is 23.1 Å². The van der Waals surface area contributed by atoms with E-state index in [1.54, 1.807) is 6.92 Å². The Morgan fingerprint density at radius 1 is 0.897 bits per heavy atom. The van der Waals surface area contributed by atoms with Crippen molar-refractivity contribution >= 4 is 17.7 Å². The van der Waals surface area contributed by atoms with E-state index < -0.39 is 6.04 Å². The molecule has 0 heterocycles. The van der Waals surface area contributed by atoms with Gasteiger partial charge in [-0.15, -0.1) is 0 Å². The van der Waals surface area contributed by atoms with Gasteiger partial charge in [-0.3, -0.25) is 25.2 Å². The Labute approximate surface area is 174 Å². The molecule has 0 aromatic carbocycles. The lowest BCUT2D eigenvalue weighted by molar-refractivity contribution is -0.148. The zero-order valence-electron chi connectivity index (χ0n) is 17.8. The van der Waals surface area contributed by atoms with Crippen LogP contribution in [0.25, 0.3) is 0 Å². The molecule has 5 fully saturated rings. The highest BCUT2D eigenvalue weighted by Gasteiger charge is 2.54. The lowest BCUT2D eigenvalue weighted by Crippen LogP contribution is -2.57. The summed E-state index contributed by atoms with van der Waals surface area (Å²) in [4.78, 5) is 37.5. The molecule has 0 saturated heterocycles. The van der Waals surface area contributed by atoms with Crippen LogP contribution in [0.1, 0.15) is 90.4 Å². The Morgan fingerprint density at radius 2 is 1.48 bits per heavy atom. The molecule has 6 nitrogen and oxygen atoms in total. The lowest BCUT2D eigenvalue weighted by Gasteiger charge is -2.55. The van der Waals surface area contributed by atoms with Crippen LogP contribution in [0.5, 0.6) is 0 Å². The third-order valence-corrected chi connectivity index (χ3v) is 8.09. The van der Waals surface area contributed by atoms with Crippen molar-refractivity contribution in [2.75, 3.05) is 0 Å². The molecule has 5 aliphatic carbocycles. The van der Waals surface area contributed by atoms with Gasteiger partial charge < -0.3 is 5.32 Å². The fraction of sp³-hybridized carbons (Fsp3) is 0.870. The van der Waals surface area contributed by atoms with Gasteiger partial charge in [0.05, 0.1) is 0 Å². The zero-order valence-corrected chi connectivity index (χ0v) is 17.8. The number of carbonyl (C=O) groups is 3.